The Bertz CT molecular complexity index is 893. The van der Waals surface area contributed by atoms with Gasteiger partial charge in [-0.05, 0) is 51.3 Å². The first kappa shape index (κ1) is 21.3. The summed E-state index contributed by atoms with van der Waals surface area (Å²) in [6.45, 7) is 10.1. The predicted octanol–water partition coefficient (Wildman–Crippen LogP) is 4.00. The van der Waals surface area contributed by atoms with Crippen LogP contribution in [0.4, 0.5) is 0 Å². The van der Waals surface area contributed by atoms with E-state index in [2.05, 4.69) is 63.8 Å². The molecule has 146 valence electrons. The summed E-state index contributed by atoms with van der Waals surface area (Å²) in [5, 5.41) is 7.98. The van der Waals surface area contributed by atoms with Crippen LogP contribution in [-0.2, 0) is 13.0 Å². The molecule has 0 radical (unpaired) electrons. The van der Waals surface area contributed by atoms with Gasteiger partial charge >= 0.3 is 0 Å². The third-order valence-corrected chi connectivity index (χ3v) is 4.47. The van der Waals surface area contributed by atoms with Crippen molar-refractivity contribution in [2.45, 2.75) is 40.7 Å². The lowest BCUT2D eigenvalue weighted by Crippen LogP contribution is -2.38. The summed E-state index contributed by atoms with van der Waals surface area (Å²) in [6, 6.07) is 6.35. The van der Waals surface area contributed by atoms with Gasteiger partial charge in [0.1, 0.15) is 12.3 Å². The summed E-state index contributed by atoms with van der Waals surface area (Å²) in [7, 11) is 0. The maximum Gasteiger partial charge on any atom is 0.216 e. The lowest BCUT2D eigenvalue weighted by Gasteiger charge is -2.11. The van der Waals surface area contributed by atoms with Crippen LogP contribution >= 0.6 is 24.0 Å². The molecule has 3 N–H and O–H groups in total. The molecule has 1 aromatic carbocycles. The van der Waals surface area contributed by atoms with Crippen molar-refractivity contribution >= 4 is 40.8 Å². The molecule has 6 nitrogen and oxygen atoms in total. The molecule has 0 unspecified atom stereocenters. The number of nitrogens with zero attached hydrogens (tertiary/aromatic N) is 2. The van der Waals surface area contributed by atoms with Gasteiger partial charge in [-0.25, -0.2) is 9.98 Å². The van der Waals surface area contributed by atoms with Gasteiger partial charge in [0.05, 0.1) is 5.69 Å². The van der Waals surface area contributed by atoms with Crippen LogP contribution in [0.2, 0.25) is 0 Å². The average molecular weight is 481 g/mol. The van der Waals surface area contributed by atoms with Crippen LogP contribution < -0.4 is 10.6 Å². The van der Waals surface area contributed by atoms with E-state index in [0.29, 0.717) is 12.4 Å². The van der Waals surface area contributed by atoms with Crippen LogP contribution in [0.5, 0.6) is 0 Å². The van der Waals surface area contributed by atoms with E-state index in [1.54, 1.807) is 0 Å². The highest BCUT2D eigenvalue weighted by Gasteiger charge is 2.07. The molecule has 0 aliphatic rings. The second kappa shape index (κ2) is 9.77. The Balaban J connectivity index is 0.00000261. The summed E-state index contributed by atoms with van der Waals surface area (Å²) in [6.07, 6.45) is 3.02. The molecule has 3 rings (SSSR count). The topological polar surface area (TPSA) is 78.2 Å². The van der Waals surface area contributed by atoms with Crippen molar-refractivity contribution < 1.29 is 4.42 Å². The molecule has 0 aliphatic carbocycles. The summed E-state index contributed by atoms with van der Waals surface area (Å²) in [5.74, 6) is 2.27. The highest BCUT2D eigenvalue weighted by Crippen LogP contribution is 2.22. The standard InChI is InChI=1S/C20H27N5O.HI/c1-5-21-20(24-12-18-25-14(3)15(4)26-18)22-10-9-16-11-23-17-8-6-7-13(2)19(16)17;/h6-8,11,23H,5,9-10,12H2,1-4H3,(H2,21,22,24);1H. The van der Waals surface area contributed by atoms with Crippen molar-refractivity contribution in [3.05, 3.63) is 52.9 Å². The van der Waals surface area contributed by atoms with Crippen molar-refractivity contribution in [3.63, 3.8) is 0 Å². The monoisotopic (exact) mass is 481 g/mol. The molecule has 0 saturated heterocycles. The third-order valence-electron chi connectivity index (χ3n) is 4.47. The molecule has 0 atom stereocenters. The Morgan fingerprint density at radius 2 is 2.04 bits per heavy atom. The Hall–Kier alpha value is -2.03. The summed E-state index contributed by atoms with van der Waals surface area (Å²) < 4.78 is 5.59. The number of benzene rings is 1. The molecule has 0 bridgehead atoms. The first-order valence-corrected chi connectivity index (χ1v) is 9.09. The van der Waals surface area contributed by atoms with E-state index in [1.165, 1.54) is 22.0 Å². The maximum absolute atomic E-state index is 5.59. The molecule has 2 aromatic heterocycles. The molecule has 2 heterocycles. The number of hydrogen-bond acceptors (Lipinski definition) is 3. The quantitative estimate of drug-likeness (QED) is 0.283. The van der Waals surface area contributed by atoms with Crippen molar-refractivity contribution in [3.8, 4) is 0 Å². The van der Waals surface area contributed by atoms with E-state index in [-0.39, 0.29) is 24.0 Å². The molecule has 0 spiro atoms. The average Bonchev–Trinajstić information content (AvgIpc) is 3.17. The smallest absolute Gasteiger partial charge is 0.216 e. The number of aromatic nitrogens is 2. The van der Waals surface area contributed by atoms with Gasteiger partial charge in [-0.3, -0.25) is 0 Å². The van der Waals surface area contributed by atoms with Gasteiger partial charge in [-0.15, -0.1) is 24.0 Å². The SMILES string of the molecule is CCNC(=NCc1nc(C)c(C)o1)NCCc1c[nH]c2cccc(C)c12.I. The number of rotatable bonds is 6. The van der Waals surface area contributed by atoms with Gasteiger partial charge in [0.2, 0.25) is 5.89 Å². The second-order valence-corrected chi connectivity index (χ2v) is 6.43. The highest BCUT2D eigenvalue weighted by atomic mass is 127. The van der Waals surface area contributed by atoms with E-state index in [9.17, 15) is 0 Å². The highest BCUT2D eigenvalue weighted by molar-refractivity contribution is 14.0. The molecule has 0 amide bonds. The van der Waals surface area contributed by atoms with E-state index >= 15 is 0 Å². The van der Waals surface area contributed by atoms with E-state index < -0.39 is 0 Å². The van der Waals surface area contributed by atoms with Crippen LogP contribution in [0.3, 0.4) is 0 Å². The first-order chi connectivity index (χ1) is 12.6. The predicted molar refractivity (Wildman–Crippen MR) is 121 cm³/mol. The van der Waals surface area contributed by atoms with Crippen LogP contribution in [0.25, 0.3) is 10.9 Å². The molecule has 27 heavy (non-hydrogen) atoms. The Morgan fingerprint density at radius 1 is 1.22 bits per heavy atom. The normalized spacial score (nSPS) is 11.5. The van der Waals surface area contributed by atoms with Gasteiger partial charge in [0.25, 0.3) is 0 Å². The minimum absolute atomic E-state index is 0. The molecular weight excluding hydrogens is 453 g/mol. The van der Waals surface area contributed by atoms with Gasteiger partial charge < -0.3 is 20.0 Å². The lowest BCUT2D eigenvalue weighted by molar-refractivity contribution is 0.473. The summed E-state index contributed by atoms with van der Waals surface area (Å²) in [4.78, 5) is 12.3. The van der Waals surface area contributed by atoms with Gasteiger partial charge in [0.15, 0.2) is 5.96 Å². The van der Waals surface area contributed by atoms with E-state index in [4.69, 9.17) is 4.42 Å². The summed E-state index contributed by atoms with van der Waals surface area (Å²) in [5.41, 5.74) is 4.73. The number of aliphatic imine (C=N–C) groups is 1. The van der Waals surface area contributed by atoms with Crippen LogP contribution in [-0.4, -0.2) is 29.0 Å². The van der Waals surface area contributed by atoms with Crippen molar-refractivity contribution in [1.82, 2.24) is 20.6 Å². The number of fused-ring (bicyclic) bond motifs is 1. The third kappa shape index (κ3) is 5.24. The van der Waals surface area contributed by atoms with Gasteiger partial charge in [-0.1, -0.05) is 12.1 Å². The number of aromatic amines is 1. The van der Waals surface area contributed by atoms with Crippen molar-refractivity contribution in [2.75, 3.05) is 13.1 Å². The number of hydrogen-bond donors (Lipinski definition) is 3. The fourth-order valence-electron chi connectivity index (χ4n) is 3.06. The number of aryl methyl sites for hydroxylation is 3. The molecule has 3 aromatic rings. The Labute approximate surface area is 177 Å². The first-order valence-electron chi connectivity index (χ1n) is 9.09. The Morgan fingerprint density at radius 3 is 2.74 bits per heavy atom. The van der Waals surface area contributed by atoms with Crippen molar-refractivity contribution in [2.24, 2.45) is 4.99 Å². The number of guanidine groups is 1. The largest absolute Gasteiger partial charge is 0.444 e. The zero-order valence-electron chi connectivity index (χ0n) is 16.3. The zero-order chi connectivity index (χ0) is 18.5. The molecule has 7 heteroatoms. The minimum atomic E-state index is 0. The zero-order valence-corrected chi connectivity index (χ0v) is 18.7. The second-order valence-electron chi connectivity index (χ2n) is 6.43. The fraction of sp³-hybridized carbons (Fsp3) is 0.400. The van der Waals surface area contributed by atoms with E-state index in [1.807, 2.05) is 13.8 Å². The number of oxazole rings is 1. The van der Waals surface area contributed by atoms with Crippen molar-refractivity contribution in [1.29, 1.82) is 0 Å². The number of H-pyrrole nitrogens is 1. The molecular formula is C20H28IN5O. The fourth-order valence-corrected chi connectivity index (χ4v) is 3.06. The maximum atomic E-state index is 5.59. The minimum Gasteiger partial charge on any atom is -0.444 e. The number of nitrogens with one attached hydrogen (secondary N) is 3. The van der Waals surface area contributed by atoms with Crippen LogP contribution in [0, 0.1) is 20.8 Å². The molecule has 0 saturated carbocycles. The Kier molecular flexibility index (Phi) is 7.70. The molecule has 0 aliphatic heterocycles. The van der Waals surface area contributed by atoms with Crippen LogP contribution in [0.1, 0.15) is 35.4 Å². The number of halogens is 1. The molecule has 0 fully saturated rings. The van der Waals surface area contributed by atoms with Gasteiger partial charge in [-0.2, -0.15) is 0 Å². The van der Waals surface area contributed by atoms with E-state index in [0.717, 1.165) is 36.9 Å². The van der Waals surface area contributed by atoms with Gasteiger partial charge in [0, 0.05) is 30.2 Å². The lowest BCUT2D eigenvalue weighted by atomic mass is 10.1. The summed E-state index contributed by atoms with van der Waals surface area (Å²) >= 11 is 0. The van der Waals surface area contributed by atoms with Crippen LogP contribution in [0.15, 0.2) is 33.8 Å².